The lowest BCUT2D eigenvalue weighted by atomic mass is 9.78. The maximum atomic E-state index is 14.0. The molecule has 3 aliphatic rings. The van der Waals surface area contributed by atoms with E-state index in [1.807, 2.05) is 39.0 Å². The number of oxazole rings is 1. The number of aromatic nitrogens is 1. The first-order valence-corrected chi connectivity index (χ1v) is 25.2. The number of piperazine rings is 1. The van der Waals surface area contributed by atoms with Gasteiger partial charge in [0, 0.05) is 99.4 Å². The van der Waals surface area contributed by atoms with Crippen LogP contribution in [0.15, 0.2) is 47.1 Å². The Morgan fingerprint density at radius 2 is 1.53 bits per heavy atom. The molecule has 1 fully saturated rings. The molecule has 3 N–H and O–H groups in total. The van der Waals surface area contributed by atoms with Gasteiger partial charge in [0.15, 0.2) is 17.4 Å². The van der Waals surface area contributed by atoms with Crippen LogP contribution in [0.5, 0.6) is 17.2 Å². The normalized spacial score (nSPS) is 27.7. The number of aryl methyl sites for hydroxylation is 3. The maximum absolute atomic E-state index is 14.0. The number of anilines is 1. The number of carbonyl (C=O) groups is 2. The second-order valence-corrected chi connectivity index (χ2v) is 21.7. The molecule has 0 aliphatic carbocycles. The van der Waals surface area contributed by atoms with Crippen molar-refractivity contribution in [3.8, 4) is 17.2 Å². The summed E-state index contributed by atoms with van der Waals surface area (Å²) >= 11 is 0. The summed E-state index contributed by atoms with van der Waals surface area (Å²) in [5, 5.41) is 36.9. The lowest BCUT2D eigenvalue weighted by Crippen LogP contribution is -2.46. The summed E-state index contributed by atoms with van der Waals surface area (Å²) in [5.41, 5.74) is 7.05. The molecule has 0 radical (unpaired) electrons. The summed E-state index contributed by atoms with van der Waals surface area (Å²) in [5.74, 6) is -3.91. The molecule has 4 heterocycles. The molecule has 1 aromatic heterocycles. The van der Waals surface area contributed by atoms with Crippen molar-refractivity contribution < 1.29 is 57.7 Å². The molecule has 10 atom stereocenters. The molecular formula is C57H77N3O12. The number of carbonyl (C=O) groups excluding carboxylic acids is 2. The standard InChI is InChI=1S/C57H77N3O12/c1-29-26-32(4)39(33(5)27-29)28-59-21-23-60(24-22-59)45-44-51-42-41(52(45)67-16)43-50(37(9)49(42)71-55(65)56(11,12)13)72-57(14,53(43)64)68-25-20-40(66-15)34(6)48(69-38(10)61)36(8)47(63)35(7)46(62)30(2)18-17-19-31(3)54(58-44)70-51/h17-20,25-27,30,34-36,40,46-48,53,62-64H,21-24,28H2,1-16H3/t30?,34-,35-,36?,40+,46+,47-,48-,53-,57+/m1/s1. The van der Waals surface area contributed by atoms with Crippen LogP contribution in [0.3, 0.4) is 0 Å². The van der Waals surface area contributed by atoms with E-state index in [2.05, 4.69) is 42.7 Å². The fourth-order valence-electron chi connectivity index (χ4n) is 10.7. The molecule has 3 aliphatic heterocycles. The highest BCUT2D eigenvalue weighted by Gasteiger charge is 2.51. The Kier molecular flexibility index (Phi) is 16.0. The van der Waals surface area contributed by atoms with E-state index in [9.17, 15) is 24.9 Å². The predicted molar refractivity (Wildman–Crippen MR) is 278 cm³/mol. The minimum absolute atomic E-state index is 0.163. The highest BCUT2D eigenvalue weighted by molar-refractivity contribution is 6.19. The number of fused-ring (bicyclic) bond motifs is 2. The summed E-state index contributed by atoms with van der Waals surface area (Å²) in [6.45, 7) is 29.1. The highest BCUT2D eigenvalue weighted by Crippen LogP contribution is 2.59. The third-order valence-corrected chi connectivity index (χ3v) is 15.1. The van der Waals surface area contributed by atoms with Crippen LogP contribution in [0, 0.1) is 56.8 Å². The zero-order chi connectivity index (χ0) is 52.9. The number of aliphatic hydroxyl groups is 3. The Morgan fingerprint density at radius 3 is 2.12 bits per heavy atom. The summed E-state index contributed by atoms with van der Waals surface area (Å²) in [6, 6.07) is 4.47. The van der Waals surface area contributed by atoms with Gasteiger partial charge >= 0.3 is 11.9 Å². The van der Waals surface area contributed by atoms with Crippen LogP contribution in [-0.4, -0.2) is 108 Å². The van der Waals surface area contributed by atoms with Crippen LogP contribution in [0.1, 0.15) is 115 Å². The van der Waals surface area contributed by atoms with Gasteiger partial charge in [0.1, 0.15) is 28.8 Å². The van der Waals surface area contributed by atoms with Crippen molar-refractivity contribution >= 4 is 45.1 Å². The van der Waals surface area contributed by atoms with Crippen LogP contribution >= 0.6 is 0 Å². The van der Waals surface area contributed by atoms with Crippen molar-refractivity contribution in [2.24, 2.45) is 29.1 Å². The van der Waals surface area contributed by atoms with Crippen molar-refractivity contribution in [1.82, 2.24) is 9.88 Å². The molecule has 2 unspecified atom stereocenters. The quantitative estimate of drug-likeness (QED) is 0.118. The number of hydrogen-bond donors (Lipinski definition) is 3. The fourth-order valence-corrected chi connectivity index (χ4v) is 10.7. The number of allylic oxidation sites excluding steroid dienone is 3. The van der Waals surface area contributed by atoms with E-state index in [-0.39, 0.29) is 11.5 Å². The minimum Gasteiger partial charge on any atom is -0.494 e. The Morgan fingerprint density at radius 1 is 0.875 bits per heavy atom. The lowest BCUT2D eigenvalue weighted by Gasteiger charge is -2.38. The summed E-state index contributed by atoms with van der Waals surface area (Å²) in [6.07, 6.45) is 3.49. The molecule has 1 saturated heterocycles. The Hall–Kier alpha value is -5.45. The Balaban J connectivity index is 1.46. The number of nitrogens with zero attached hydrogens (tertiary/aromatic N) is 3. The molecule has 72 heavy (non-hydrogen) atoms. The van der Waals surface area contributed by atoms with Crippen molar-refractivity contribution in [2.75, 3.05) is 45.3 Å². The number of ether oxygens (including phenoxy) is 6. The molecule has 4 aromatic rings. The van der Waals surface area contributed by atoms with Gasteiger partial charge in [-0.3, -0.25) is 14.5 Å². The molecule has 7 rings (SSSR count). The molecular weight excluding hydrogens is 919 g/mol. The van der Waals surface area contributed by atoms with Crippen LogP contribution < -0.4 is 19.1 Å². The number of benzene rings is 3. The third kappa shape index (κ3) is 10.4. The first-order valence-electron chi connectivity index (χ1n) is 25.2. The highest BCUT2D eigenvalue weighted by atomic mass is 16.7. The first kappa shape index (κ1) is 54.3. The van der Waals surface area contributed by atoms with E-state index >= 15 is 0 Å². The van der Waals surface area contributed by atoms with Gasteiger partial charge in [0.05, 0.1) is 42.5 Å². The number of hydrogen-bond acceptors (Lipinski definition) is 15. The first-order chi connectivity index (χ1) is 33.8. The van der Waals surface area contributed by atoms with Crippen molar-refractivity contribution in [2.45, 2.75) is 140 Å². The van der Waals surface area contributed by atoms with Gasteiger partial charge in [0.2, 0.25) is 5.89 Å². The summed E-state index contributed by atoms with van der Waals surface area (Å²) in [4.78, 5) is 36.5. The molecule has 0 spiro atoms. The van der Waals surface area contributed by atoms with E-state index in [0.717, 1.165) is 19.6 Å². The largest absolute Gasteiger partial charge is 0.494 e. The molecule has 3 aromatic carbocycles. The van der Waals surface area contributed by atoms with Gasteiger partial charge in [0.25, 0.3) is 5.79 Å². The van der Waals surface area contributed by atoms with E-state index in [1.54, 1.807) is 61.7 Å². The van der Waals surface area contributed by atoms with Gasteiger partial charge < -0.3 is 53.1 Å². The number of esters is 2. The fraction of sp³-hybridized carbons (Fsp3) is 0.561. The molecule has 0 saturated carbocycles. The van der Waals surface area contributed by atoms with E-state index in [1.165, 1.54) is 42.5 Å². The van der Waals surface area contributed by atoms with Crippen LogP contribution in [-0.2, 0) is 30.3 Å². The average Bonchev–Trinajstić information content (AvgIpc) is 3.88. The maximum Gasteiger partial charge on any atom is 0.316 e. The Bertz CT molecular complexity index is 2760. The van der Waals surface area contributed by atoms with Gasteiger partial charge in [-0.15, -0.1) is 0 Å². The van der Waals surface area contributed by atoms with E-state index in [4.69, 9.17) is 37.8 Å². The zero-order valence-corrected chi connectivity index (χ0v) is 45.1. The molecule has 15 heteroatoms. The summed E-state index contributed by atoms with van der Waals surface area (Å²) in [7, 11) is 3.09. The molecule has 15 nitrogen and oxygen atoms in total. The van der Waals surface area contributed by atoms with Gasteiger partial charge in [-0.1, -0.05) is 63.6 Å². The molecule has 0 amide bonds. The number of rotatable bonds is 7. The van der Waals surface area contributed by atoms with Crippen LogP contribution in [0.4, 0.5) is 5.69 Å². The van der Waals surface area contributed by atoms with Crippen LogP contribution in [0.2, 0.25) is 0 Å². The number of aliphatic hydroxyl groups excluding tert-OH is 3. The SMILES string of the molecule is COc1c(N2CCN(Cc3c(C)cc(C)cc3C)CC2)c2nc3oc2c2c(OC(=O)C(C)(C)C)c(C)c4c(c12)[C@@H](O)[C@@](C)(OC=C[C@H](OC)[C@@H](C)[C@@H](OC(C)=O)C(C)[C@H](O)[C@H](C)[C@@H](O)C(C)C=CC=C3C)O4. The van der Waals surface area contributed by atoms with E-state index < -0.39 is 77.3 Å². The lowest BCUT2D eigenvalue weighted by molar-refractivity contribution is -0.181. The Labute approximate surface area is 424 Å². The second-order valence-electron chi connectivity index (χ2n) is 21.7. The average molecular weight is 996 g/mol. The summed E-state index contributed by atoms with van der Waals surface area (Å²) < 4.78 is 44.8. The molecule has 6 bridgehead atoms. The zero-order valence-electron chi connectivity index (χ0n) is 45.1. The van der Waals surface area contributed by atoms with Gasteiger partial charge in [-0.2, -0.15) is 0 Å². The predicted octanol–water partition coefficient (Wildman–Crippen LogP) is 9.36. The monoisotopic (exact) mass is 996 g/mol. The van der Waals surface area contributed by atoms with E-state index in [0.29, 0.717) is 69.0 Å². The topological polar surface area (TPSA) is 183 Å². The number of methoxy groups -OCH3 is 2. The van der Waals surface area contributed by atoms with Gasteiger partial charge in [-0.05, 0) is 78.2 Å². The smallest absolute Gasteiger partial charge is 0.316 e. The minimum atomic E-state index is -1.75. The third-order valence-electron chi connectivity index (χ3n) is 15.1. The van der Waals surface area contributed by atoms with Crippen molar-refractivity contribution in [1.29, 1.82) is 0 Å². The second kappa shape index (κ2) is 21.2. The van der Waals surface area contributed by atoms with Crippen LogP contribution in [0.25, 0.3) is 27.4 Å². The molecule has 392 valence electrons. The van der Waals surface area contributed by atoms with Gasteiger partial charge in [-0.25, -0.2) is 4.98 Å². The van der Waals surface area contributed by atoms with Crippen molar-refractivity contribution in [3.63, 3.8) is 0 Å². The van der Waals surface area contributed by atoms with Crippen molar-refractivity contribution in [3.05, 3.63) is 82.0 Å².